The second kappa shape index (κ2) is 8.93. The minimum Gasteiger partial charge on any atom is -0.318 e. The van der Waals surface area contributed by atoms with E-state index in [4.69, 9.17) is 0 Å². The van der Waals surface area contributed by atoms with E-state index in [1.165, 1.54) is 30.2 Å². The van der Waals surface area contributed by atoms with Gasteiger partial charge in [0.2, 0.25) is 10.0 Å². The number of aromatic nitrogens is 1. The molecule has 4 rings (SSSR count). The summed E-state index contributed by atoms with van der Waals surface area (Å²) >= 11 is 1.54. The van der Waals surface area contributed by atoms with Crippen LogP contribution in [0.5, 0.6) is 0 Å². The number of amidine groups is 1. The third kappa shape index (κ3) is 4.36. The molecule has 0 spiro atoms. The number of benzene rings is 2. The molecule has 1 N–H and O–H groups in total. The molecule has 0 bridgehead atoms. The fraction of sp³-hybridized carbons (Fsp3) is 0.217. The molecule has 32 heavy (non-hydrogen) atoms. The van der Waals surface area contributed by atoms with E-state index in [1.807, 2.05) is 18.2 Å². The van der Waals surface area contributed by atoms with Gasteiger partial charge in [0.05, 0.1) is 16.3 Å². The van der Waals surface area contributed by atoms with Gasteiger partial charge in [0.25, 0.3) is 0 Å². The first-order valence-corrected chi connectivity index (χ1v) is 12.5. The molecule has 0 saturated heterocycles. The van der Waals surface area contributed by atoms with E-state index in [0.29, 0.717) is 16.6 Å². The summed E-state index contributed by atoms with van der Waals surface area (Å²) < 4.78 is 28.2. The van der Waals surface area contributed by atoms with Crippen molar-refractivity contribution in [1.82, 2.24) is 14.3 Å². The molecule has 0 aliphatic carbocycles. The summed E-state index contributed by atoms with van der Waals surface area (Å²) in [4.78, 5) is 4.76. The van der Waals surface area contributed by atoms with Crippen LogP contribution in [0, 0.1) is 13.8 Å². The topological polar surface area (TPSA) is 79.1 Å². The number of hydrogen-bond acceptors (Lipinski definition) is 5. The Kier molecular flexibility index (Phi) is 6.23. The molecule has 0 atom stereocenters. The molecular weight excluding hydrogens is 442 g/mol. The van der Waals surface area contributed by atoms with Gasteiger partial charge in [0.1, 0.15) is 0 Å². The Balaban J connectivity index is 1.58. The number of aryl methyl sites for hydroxylation is 1. The van der Waals surface area contributed by atoms with Crippen LogP contribution in [0.3, 0.4) is 0 Å². The molecule has 0 unspecified atom stereocenters. The van der Waals surface area contributed by atoms with Gasteiger partial charge in [0, 0.05) is 42.5 Å². The second-order valence-corrected chi connectivity index (χ2v) is 10.7. The summed E-state index contributed by atoms with van der Waals surface area (Å²) in [5.41, 5.74) is 9.05. The summed E-state index contributed by atoms with van der Waals surface area (Å²) in [6, 6.07) is 19.0. The second-order valence-electron chi connectivity index (χ2n) is 7.62. The van der Waals surface area contributed by atoms with Crippen molar-refractivity contribution < 1.29 is 8.42 Å². The predicted molar refractivity (Wildman–Crippen MR) is 132 cm³/mol. The maximum absolute atomic E-state index is 12.4. The average molecular weight is 468 g/mol. The number of aliphatic imine (C=N–C) groups is 1. The Morgan fingerprint density at radius 2 is 1.81 bits per heavy atom. The van der Waals surface area contributed by atoms with Crippen molar-refractivity contribution in [2.45, 2.75) is 18.7 Å². The van der Waals surface area contributed by atoms with Gasteiger partial charge in [0.15, 0.2) is 5.17 Å². The molecule has 2 heterocycles. The Labute approximate surface area is 192 Å². The van der Waals surface area contributed by atoms with Gasteiger partial charge >= 0.3 is 0 Å². The molecule has 9 heteroatoms. The van der Waals surface area contributed by atoms with Crippen LogP contribution in [0.25, 0.3) is 5.69 Å². The lowest BCUT2D eigenvalue weighted by molar-refractivity contribution is 0.521. The van der Waals surface area contributed by atoms with E-state index in [1.54, 1.807) is 24.3 Å². The molecule has 0 fully saturated rings. The number of nitrogens with zero attached hydrogens (tertiary/aromatic N) is 4. The van der Waals surface area contributed by atoms with Crippen molar-refractivity contribution in [3.63, 3.8) is 0 Å². The highest BCUT2D eigenvalue weighted by atomic mass is 32.2. The predicted octanol–water partition coefficient (Wildman–Crippen LogP) is 4.07. The Morgan fingerprint density at radius 1 is 1.06 bits per heavy atom. The van der Waals surface area contributed by atoms with Crippen molar-refractivity contribution in [1.29, 1.82) is 0 Å². The highest BCUT2D eigenvalue weighted by Gasteiger charge is 2.20. The van der Waals surface area contributed by atoms with E-state index in [-0.39, 0.29) is 4.90 Å². The largest absolute Gasteiger partial charge is 0.318 e. The van der Waals surface area contributed by atoms with Gasteiger partial charge in [-0.3, -0.25) is 5.43 Å². The monoisotopic (exact) mass is 467 g/mol. The van der Waals surface area contributed by atoms with Crippen molar-refractivity contribution >= 4 is 38.4 Å². The van der Waals surface area contributed by atoms with Crippen LogP contribution < -0.4 is 5.43 Å². The first-order valence-electron chi connectivity index (χ1n) is 10.1. The van der Waals surface area contributed by atoms with Crippen molar-refractivity contribution in [2.75, 3.05) is 19.8 Å². The number of thioether (sulfide) groups is 1. The minimum atomic E-state index is -3.51. The van der Waals surface area contributed by atoms with Crippen molar-refractivity contribution in [2.24, 2.45) is 10.1 Å². The van der Waals surface area contributed by atoms with Crippen LogP contribution >= 0.6 is 11.8 Å². The van der Waals surface area contributed by atoms with Crippen LogP contribution in [0.1, 0.15) is 17.0 Å². The first kappa shape index (κ1) is 22.3. The molecular formula is C23H25N5O2S2. The summed E-state index contributed by atoms with van der Waals surface area (Å²) in [5.74, 6) is 0.667. The van der Waals surface area contributed by atoms with Gasteiger partial charge < -0.3 is 4.57 Å². The van der Waals surface area contributed by atoms with Crippen molar-refractivity contribution in [3.05, 3.63) is 77.6 Å². The number of nitrogens with one attached hydrogen (secondary N) is 1. The standard InChI is InChI=1S/C23H25N5O2S2/c1-16-13-21(17(2)28(16)19-10-6-5-7-11-19)22-15-31-23(26-25-22)24-18-9-8-12-20(14-18)32(29,30)27(3)4/h5-14H,15H2,1-4H3,(H,24,26). The molecule has 7 nitrogen and oxygen atoms in total. The van der Waals surface area contributed by atoms with E-state index < -0.39 is 10.0 Å². The Hall–Kier alpha value is -2.88. The fourth-order valence-electron chi connectivity index (χ4n) is 3.58. The van der Waals surface area contributed by atoms with E-state index in [2.05, 4.69) is 52.1 Å². The number of rotatable bonds is 5. The fourth-order valence-corrected chi connectivity index (χ4v) is 5.30. The molecule has 1 aliphatic heterocycles. The quantitative estimate of drug-likeness (QED) is 0.613. The first-order chi connectivity index (χ1) is 15.3. The number of para-hydroxylation sites is 1. The molecule has 1 aromatic heterocycles. The van der Waals surface area contributed by atoms with E-state index in [0.717, 1.165) is 28.4 Å². The lowest BCUT2D eigenvalue weighted by Crippen LogP contribution is -2.25. The summed E-state index contributed by atoms with van der Waals surface area (Å²) in [7, 11) is -0.485. The van der Waals surface area contributed by atoms with E-state index >= 15 is 0 Å². The smallest absolute Gasteiger partial charge is 0.242 e. The molecule has 166 valence electrons. The molecule has 0 radical (unpaired) electrons. The summed E-state index contributed by atoms with van der Waals surface area (Å²) in [5, 5.41) is 5.19. The van der Waals surface area contributed by atoms with Crippen LogP contribution in [-0.2, 0) is 10.0 Å². The maximum Gasteiger partial charge on any atom is 0.242 e. The van der Waals surface area contributed by atoms with Crippen LogP contribution in [-0.4, -0.2) is 48.0 Å². The van der Waals surface area contributed by atoms with Crippen LogP contribution in [0.4, 0.5) is 5.69 Å². The highest BCUT2D eigenvalue weighted by molar-refractivity contribution is 8.14. The average Bonchev–Trinajstić information content (AvgIpc) is 3.09. The molecule has 0 saturated carbocycles. The molecule has 1 aliphatic rings. The highest BCUT2D eigenvalue weighted by Crippen LogP contribution is 2.25. The number of hydrogen-bond donors (Lipinski definition) is 1. The van der Waals surface area contributed by atoms with Crippen LogP contribution in [0.2, 0.25) is 0 Å². The third-order valence-corrected chi connectivity index (χ3v) is 7.90. The SMILES string of the molecule is Cc1cc(C2=NNC(=Nc3cccc(S(=O)(=O)N(C)C)c3)SC2)c(C)n1-c1ccccc1. The Bertz CT molecular complexity index is 1310. The lowest BCUT2D eigenvalue weighted by Gasteiger charge is -2.16. The van der Waals surface area contributed by atoms with Gasteiger partial charge in [-0.2, -0.15) is 5.10 Å². The van der Waals surface area contributed by atoms with Gasteiger partial charge in [-0.05, 0) is 50.2 Å². The summed E-state index contributed by atoms with van der Waals surface area (Å²) in [6.07, 6.45) is 0. The zero-order chi connectivity index (χ0) is 22.9. The van der Waals surface area contributed by atoms with Crippen LogP contribution in [0.15, 0.2) is 75.7 Å². The molecule has 3 aromatic rings. The Morgan fingerprint density at radius 3 is 2.47 bits per heavy atom. The zero-order valence-corrected chi connectivity index (χ0v) is 20.0. The number of sulfonamides is 1. The zero-order valence-electron chi connectivity index (χ0n) is 18.4. The van der Waals surface area contributed by atoms with Gasteiger partial charge in [-0.25, -0.2) is 17.7 Å². The van der Waals surface area contributed by atoms with Crippen molar-refractivity contribution in [3.8, 4) is 5.69 Å². The van der Waals surface area contributed by atoms with E-state index in [9.17, 15) is 8.42 Å². The minimum absolute atomic E-state index is 0.211. The number of hydrazone groups is 1. The summed E-state index contributed by atoms with van der Waals surface area (Å²) in [6.45, 7) is 4.19. The third-order valence-electron chi connectivity index (χ3n) is 5.22. The molecule has 2 aromatic carbocycles. The van der Waals surface area contributed by atoms with Gasteiger partial charge in [-0.1, -0.05) is 36.0 Å². The molecule has 0 amide bonds. The normalized spacial score (nSPS) is 15.7. The lowest BCUT2D eigenvalue weighted by atomic mass is 10.1. The maximum atomic E-state index is 12.4. The van der Waals surface area contributed by atoms with Gasteiger partial charge in [-0.15, -0.1) is 0 Å².